The molecular formula is C20H18Cl2N4O3. The summed E-state index contributed by atoms with van der Waals surface area (Å²) in [5.74, 6) is 0.599. The fraction of sp³-hybridized carbons (Fsp3) is 0.200. The third kappa shape index (κ3) is 6.04. The molecule has 0 saturated carbocycles. The molecule has 0 saturated heterocycles. The number of hydrogen-bond acceptors (Lipinski definition) is 5. The number of carbonyl (C=O) groups is 2. The number of nitrogens with zero attached hydrogens (tertiary/aromatic N) is 2. The molecule has 0 aliphatic carbocycles. The molecule has 1 heterocycles. The Morgan fingerprint density at radius 3 is 2.31 bits per heavy atom. The molecule has 2 aromatic carbocycles. The van der Waals surface area contributed by atoms with Gasteiger partial charge in [-0.05, 0) is 55.8 Å². The van der Waals surface area contributed by atoms with Gasteiger partial charge in [0.2, 0.25) is 5.89 Å². The topological polar surface area (TPSA) is 97.1 Å². The molecule has 0 spiro atoms. The Bertz CT molecular complexity index is 999. The average molecular weight is 433 g/mol. The summed E-state index contributed by atoms with van der Waals surface area (Å²) in [5.41, 5.74) is 1.39. The van der Waals surface area contributed by atoms with Crippen LogP contribution in [0.2, 0.25) is 10.0 Å². The standard InChI is InChI=1S/C20H18Cl2N4O3/c1-12-24-18(29-26-12)3-2-8-23-19(27)13-4-6-17(7-5-13)25-20(28)14-9-15(21)11-16(22)10-14/h4-7,9-11H,2-3,8H2,1H3,(H,23,27)(H,25,28). The Morgan fingerprint density at radius 2 is 1.69 bits per heavy atom. The SMILES string of the molecule is Cc1noc(CCCNC(=O)c2ccc(NC(=O)c3cc(Cl)cc(Cl)c3)cc2)n1. The van der Waals surface area contributed by atoms with Crippen LogP contribution < -0.4 is 10.6 Å². The Kier molecular flexibility index (Phi) is 6.85. The smallest absolute Gasteiger partial charge is 0.255 e. The van der Waals surface area contributed by atoms with Crippen LogP contribution >= 0.6 is 23.2 Å². The molecule has 9 heteroatoms. The lowest BCUT2D eigenvalue weighted by molar-refractivity contribution is 0.0952. The van der Waals surface area contributed by atoms with E-state index in [1.807, 2.05) is 0 Å². The third-order valence-corrected chi connectivity index (χ3v) is 4.39. The summed E-state index contributed by atoms with van der Waals surface area (Å²) in [7, 11) is 0. The molecule has 0 bridgehead atoms. The zero-order valence-corrected chi connectivity index (χ0v) is 17.0. The lowest BCUT2D eigenvalue weighted by atomic mass is 10.1. The first kappa shape index (κ1) is 20.8. The second-order valence-corrected chi connectivity index (χ2v) is 7.16. The number of hydrogen-bond donors (Lipinski definition) is 2. The predicted molar refractivity (Wildman–Crippen MR) is 111 cm³/mol. The van der Waals surface area contributed by atoms with Gasteiger partial charge < -0.3 is 15.2 Å². The molecular weight excluding hydrogens is 415 g/mol. The molecule has 3 aromatic rings. The van der Waals surface area contributed by atoms with Gasteiger partial charge in [0.05, 0.1) is 0 Å². The van der Waals surface area contributed by atoms with Gasteiger partial charge in [-0.25, -0.2) is 0 Å². The van der Waals surface area contributed by atoms with E-state index in [9.17, 15) is 9.59 Å². The number of rotatable bonds is 7. The van der Waals surface area contributed by atoms with Gasteiger partial charge in [0.1, 0.15) is 0 Å². The molecule has 0 aliphatic heterocycles. The van der Waals surface area contributed by atoms with Gasteiger partial charge in [-0.2, -0.15) is 4.98 Å². The number of benzene rings is 2. The first-order valence-electron chi connectivity index (χ1n) is 8.85. The van der Waals surface area contributed by atoms with Crippen LogP contribution in [-0.2, 0) is 6.42 Å². The normalized spacial score (nSPS) is 10.6. The monoisotopic (exact) mass is 432 g/mol. The molecule has 0 unspecified atom stereocenters. The number of halogens is 2. The van der Waals surface area contributed by atoms with Gasteiger partial charge in [0.15, 0.2) is 5.82 Å². The minimum atomic E-state index is -0.345. The minimum absolute atomic E-state index is 0.203. The van der Waals surface area contributed by atoms with Crippen molar-refractivity contribution >= 4 is 40.7 Å². The van der Waals surface area contributed by atoms with Crippen LogP contribution in [-0.4, -0.2) is 28.5 Å². The summed E-state index contributed by atoms with van der Waals surface area (Å²) in [5, 5.41) is 10.0. The molecule has 2 amide bonds. The molecule has 0 fully saturated rings. The molecule has 3 rings (SSSR count). The van der Waals surface area contributed by atoms with E-state index >= 15 is 0 Å². The van der Waals surface area contributed by atoms with Crippen molar-refractivity contribution in [2.45, 2.75) is 19.8 Å². The van der Waals surface area contributed by atoms with Gasteiger partial charge in [-0.1, -0.05) is 28.4 Å². The van der Waals surface area contributed by atoms with E-state index < -0.39 is 0 Å². The van der Waals surface area contributed by atoms with Crippen LogP contribution in [0.1, 0.15) is 38.9 Å². The first-order chi connectivity index (χ1) is 13.9. The fourth-order valence-electron chi connectivity index (χ4n) is 2.58. The number of aryl methyl sites for hydroxylation is 2. The highest BCUT2D eigenvalue weighted by atomic mass is 35.5. The molecule has 0 aliphatic rings. The van der Waals surface area contributed by atoms with Crippen molar-refractivity contribution in [1.29, 1.82) is 0 Å². The summed E-state index contributed by atoms with van der Waals surface area (Å²) in [6, 6.07) is 11.2. The lowest BCUT2D eigenvalue weighted by Crippen LogP contribution is -2.24. The Hall–Kier alpha value is -2.90. The maximum Gasteiger partial charge on any atom is 0.255 e. The summed E-state index contributed by atoms with van der Waals surface area (Å²) in [6.45, 7) is 2.24. The second kappa shape index (κ2) is 9.54. The maximum atomic E-state index is 12.3. The third-order valence-electron chi connectivity index (χ3n) is 3.95. The number of amides is 2. The first-order valence-corrected chi connectivity index (χ1v) is 9.61. The fourth-order valence-corrected chi connectivity index (χ4v) is 3.10. The highest BCUT2D eigenvalue weighted by Gasteiger charge is 2.10. The van der Waals surface area contributed by atoms with E-state index in [4.69, 9.17) is 27.7 Å². The van der Waals surface area contributed by atoms with Gasteiger partial charge in [0.25, 0.3) is 11.8 Å². The van der Waals surface area contributed by atoms with E-state index in [1.165, 1.54) is 12.1 Å². The number of carbonyl (C=O) groups excluding carboxylic acids is 2. The van der Waals surface area contributed by atoms with Crippen LogP contribution in [0.4, 0.5) is 5.69 Å². The van der Waals surface area contributed by atoms with Crippen LogP contribution in [0, 0.1) is 6.92 Å². The Labute approximate surface area is 177 Å². The summed E-state index contributed by atoms with van der Waals surface area (Å²) in [4.78, 5) is 28.6. The lowest BCUT2D eigenvalue weighted by Gasteiger charge is -2.08. The van der Waals surface area contributed by atoms with Crippen molar-refractivity contribution in [3.63, 3.8) is 0 Å². The van der Waals surface area contributed by atoms with Gasteiger partial charge in [-0.15, -0.1) is 0 Å². The maximum absolute atomic E-state index is 12.3. The summed E-state index contributed by atoms with van der Waals surface area (Å²) >= 11 is 11.8. The van der Waals surface area contributed by atoms with E-state index in [1.54, 1.807) is 37.3 Å². The zero-order valence-electron chi connectivity index (χ0n) is 15.5. The van der Waals surface area contributed by atoms with E-state index in [2.05, 4.69) is 20.8 Å². The van der Waals surface area contributed by atoms with E-state index in [-0.39, 0.29) is 11.8 Å². The predicted octanol–water partition coefficient (Wildman–Crippen LogP) is 4.30. The molecule has 0 atom stereocenters. The number of nitrogens with one attached hydrogen (secondary N) is 2. The second-order valence-electron chi connectivity index (χ2n) is 6.28. The van der Waals surface area contributed by atoms with Crippen LogP contribution in [0.5, 0.6) is 0 Å². The molecule has 2 N–H and O–H groups in total. The Morgan fingerprint density at radius 1 is 1.00 bits per heavy atom. The number of anilines is 1. The average Bonchev–Trinajstić information content (AvgIpc) is 3.10. The van der Waals surface area contributed by atoms with Crippen molar-refractivity contribution in [2.24, 2.45) is 0 Å². The number of aromatic nitrogens is 2. The van der Waals surface area contributed by atoms with Gasteiger partial charge in [0, 0.05) is 39.8 Å². The van der Waals surface area contributed by atoms with Gasteiger partial charge >= 0.3 is 0 Å². The van der Waals surface area contributed by atoms with Crippen molar-refractivity contribution in [1.82, 2.24) is 15.5 Å². The highest BCUT2D eigenvalue weighted by Crippen LogP contribution is 2.20. The van der Waals surface area contributed by atoms with Crippen LogP contribution in [0.25, 0.3) is 0 Å². The van der Waals surface area contributed by atoms with E-state index in [0.717, 1.165) is 0 Å². The zero-order chi connectivity index (χ0) is 20.8. The quantitative estimate of drug-likeness (QED) is 0.542. The minimum Gasteiger partial charge on any atom is -0.352 e. The molecule has 7 nitrogen and oxygen atoms in total. The summed E-state index contributed by atoms with van der Waals surface area (Å²) in [6.07, 6.45) is 1.28. The van der Waals surface area contributed by atoms with E-state index in [0.29, 0.717) is 58.0 Å². The van der Waals surface area contributed by atoms with Crippen molar-refractivity contribution in [3.05, 3.63) is 75.4 Å². The van der Waals surface area contributed by atoms with Crippen LogP contribution in [0.3, 0.4) is 0 Å². The van der Waals surface area contributed by atoms with Crippen molar-refractivity contribution in [2.75, 3.05) is 11.9 Å². The highest BCUT2D eigenvalue weighted by molar-refractivity contribution is 6.35. The van der Waals surface area contributed by atoms with Crippen molar-refractivity contribution < 1.29 is 14.1 Å². The molecule has 29 heavy (non-hydrogen) atoms. The van der Waals surface area contributed by atoms with Crippen LogP contribution in [0.15, 0.2) is 47.0 Å². The molecule has 1 aromatic heterocycles. The largest absolute Gasteiger partial charge is 0.352 e. The molecule has 150 valence electrons. The van der Waals surface area contributed by atoms with Gasteiger partial charge in [-0.3, -0.25) is 9.59 Å². The molecule has 0 radical (unpaired) electrons. The van der Waals surface area contributed by atoms with Crippen molar-refractivity contribution in [3.8, 4) is 0 Å². The Balaban J connectivity index is 1.49. The summed E-state index contributed by atoms with van der Waals surface area (Å²) < 4.78 is 5.02.